The van der Waals surface area contributed by atoms with Gasteiger partial charge in [-0.2, -0.15) is 0 Å². The summed E-state index contributed by atoms with van der Waals surface area (Å²) in [7, 11) is 0. The molecule has 3 rings (SSSR count). The van der Waals surface area contributed by atoms with E-state index in [-0.39, 0.29) is 18.0 Å². The zero-order valence-electron chi connectivity index (χ0n) is 10.6. The van der Waals surface area contributed by atoms with E-state index in [1.807, 2.05) is 0 Å². The van der Waals surface area contributed by atoms with Gasteiger partial charge in [-0.1, -0.05) is 12.1 Å². The SMILES string of the molecule is O=C1OC(C2CCNC2)CN1Cc1ccc(F)cc1. The summed E-state index contributed by atoms with van der Waals surface area (Å²) in [6, 6.07) is 6.23. The number of cyclic esters (lactones) is 1. The lowest BCUT2D eigenvalue weighted by Gasteiger charge is -2.15. The van der Waals surface area contributed by atoms with Gasteiger partial charge in [0.15, 0.2) is 0 Å². The van der Waals surface area contributed by atoms with Crippen LogP contribution in [0.3, 0.4) is 0 Å². The van der Waals surface area contributed by atoms with E-state index in [0.717, 1.165) is 25.1 Å². The predicted molar refractivity (Wildman–Crippen MR) is 68.1 cm³/mol. The third kappa shape index (κ3) is 2.71. The van der Waals surface area contributed by atoms with E-state index in [2.05, 4.69) is 5.32 Å². The zero-order valence-corrected chi connectivity index (χ0v) is 10.6. The van der Waals surface area contributed by atoms with Crippen LogP contribution in [0.15, 0.2) is 24.3 Å². The summed E-state index contributed by atoms with van der Waals surface area (Å²) in [6.45, 7) is 3.03. The van der Waals surface area contributed by atoms with Gasteiger partial charge >= 0.3 is 6.09 Å². The van der Waals surface area contributed by atoms with Gasteiger partial charge in [-0.15, -0.1) is 0 Å². The molecule has 2 fully saturated rings. The van der Waals surface area contributed by atoms with Crippen LogP contribution in [0, 0.1) is 11.7 Å². The Hall–Kier alpha value is -1.62. The van der Waals surface area contributed by atoms with Crippen molar-refractivity contribution in [2.45, 2.75) is 19.1 Å². The number of benzene rings is 1. The summed E-state index contributed by atoms with van der Waals surface area (Å²) < 4.78 is 18.3. The monoisotopic (exact) mass is 264 g/mol. The number of ether oxygens (including phenoxy) is 1. The van der Waals surface area contributed by atoms with Gasteiger partial charge in [0.1, 0.15) is 11.9 Å². The number of halogens is 1. The summed E-state index contributed by atoms with van der Waals surface area (Å²) in [5.41, 5.74) is 0.920. The van der Waals surface area contributed by atoms with E-state index in [1.54, 1.807) is 17.0 Å². The lowest BCUT2D eigenvalue weighted by Crippen LogP contribution is -2.28. The molecular formula is C14H17FN2O2. The maximum atomic E-state index is 12.8. The molecule has 2 aliphatic rings. The van der Waals surface area contributed by atoms with Crippen molar-refractivity contribution in [3.8, 4) is 0 Å². The van der Waals surface area contributed by atoms with Gasteiger partial charge in [-0.25, -0.2) is 9.18 Å². The Morgan fingerprint density at radius 2 is 2.16 bits per heavy atom. The molecular weight excluding hydrogens is 247 g/mol. The Balaban J connectivity index is 1.62. The first kappa shape index (κ1) is 12.4. The molecule has 0 aromatic heterocycles. The first-order chi connectivity index (χ1) is 9.22. The Kier molecular flexibility index (Phi) is 3.38. The largest absolute Gasteiger partial charge is 0.444 e. The molecule has 5 heteroatoms. The molecule has 0 saturated carbocycles. The van der Waals surface area contributed by atoms with Gasteiger partial charge in [0, 0.05) is 19.0 Å². The van der Waals surface area contributed by atoms with Crippen LogP contribution in [0.2, 0.25) is 0 Å². The first-order valence-electron chi connectivity index (χ1n) is 6.63. The minimum absolute atomic E-state index is 0.0112. The van der Waals surface area contributed by atoms with Crippen molar-refractivity contribution in [3.05, 3.63) is 35.6 Å². The number of nitrogens with zero attached hydrogens (tertiary/aromatic N) is 1. The summed E-state index contributed by atoms with van der Waals surface area (Å²) >= 11 is 0. The highest BCUT2D eigenvalue weighted by Crippen LogP contribution is 2.24. The lowest BCUT2D eigenvalue weighted by molar-refractivity contribution is 0.107. The van der Waals surface area contributed by atoms with E-state index in [4.69, 9.17) is 4.74 Å². The minimum atomic E-state index is -0.263. The van der Waals surface area contributed by atoms with E-state index < -0.39 is 0 Å². The molecule has 2 unspecified atom stereocenters. The molecule has 0 radical (unpaired) electrons. The van der Waals surface area contributed by atoms with Crippen LogP contribution in [0.1, 0.15) is 12.0 Å². The molecule has 1 N–H and O–H groups in total. The molecule has 2 saturated heterocycles. The fourth-order valence-electron chi connectivity index (χ4n) is 2.71. The van der Waals surface area contributed by atoms with Crippen LogP contribution < -0.4 is 5.32 Å². The summed E-state index contributed by atoms with van der Waals surface area (Å²) in [5.74, 6) is 0.157. The van der Waals surface area contributed by atoms with E-state index >= 15 is 0 Å². The number of hydrogen-bond acceptors (Lipinski definition) is 3. The van der Waals surface area contributed by atoms with Crippen LogP contribution in [-0.2, 0) is 11.3 Å². The van der Waals surface area contributed by atoms with Crippen LogP contribution in [0.4, 0.5) is 9.18 Å². The van der Waals surface area contributed by atoms with Crippen molar-refractivity contribution in [2.75, 3.05) is 19.6 Å². The second kappa shape index (κ2) is 5.17. The molecule has 2 aliphatic heterocycles. The van der Waals surface area contributed by atoms with Crippen molar-refractivity contribution in [3.63, 3.8) is 0 Å². The van der Waals surface area contributed by atoms with Gasteiger partial charge in [0.05, 0.1) is 6.54 Å². The normalized spacial score (nSPS) is 26.8. The number of carbonyl (C=O) groups is 1. The second-order valence-corrected chi connectivity index (χ2v) is 5.18. The summed E-state index contributed by atoms with van der Waals surface area (Å²) in [6.07, 6.45) is 0.784. The molecule has 1 aromatic carbocycles. The summed E-state index contributed by atoms with van der Waals surface area (Å²) in [4.78, 5) is 13.5. The Labute approximate surface area is 111 Å². The van der Waals surface area contributed by atoms with Gasteiger partial charge in [-0.05, 0) is 30.7 Å². The smallest absolute Gasteiger partial charge is 0.410 e. The third-order valence-electron chi connectivity index (χ3n) is 3.82. The Bertz CT molecular complexity index is 457. The van der Waals surface area contributed by atoms with Crippen LogP contribution in [0.25, 0.3) is 0 Å². The van der Waals surface area contributed by atoms with Crippen LogP contribution >= 0.6 is 0 Å². The highest BCUT2D eigenvalue weighted by atomic mass is 19.1. The highest BCUT2D eigenvalue weighted by molar-refractivity contribution is 5.70. The van der Waals surface area contributed by atoms with Crippen LogP contribution in [0.5, 0.6) is 0 Å². The van der Waals surface area contributed by atoms with Crippen molar-refractivity contribution in [2.24, 2.45) is 5.92 Å². The van der Waals surface area contributed by atoms with E-state index in [1.165, 1.54) is 12.1 Å². The standard InChI is InChI=1S/C14H17FN2O2/c15-12-3-1-10(2-4-12)8-17-9-13(19-14(17)18)11-5-6-16-7-11/h1-4,11,13,16H,5-9H2. The fraction of sp³-hybridized carbons (Fsp3) is 0.500. The second-order valence-electron chi connectivity index (χ2n) is 5.18. The molecule has 2 heterocycles. The van der Waals surface area contributed by atoms with Crippen molar-refractivity contribution in [1.29, 1.82) is 0 Å². The van der Waals surface area contributed by atoms with Crippen LogP contribution in [-0.4, -0.2) is 36.7 Å². The number of hydrogen-bond donors (Lipinski definition) is 1. The molecule has 0 spiro atoms. The Morgan fingerprint density at radius 1 is 1.37 bits per heavy atom. The average molecular weight is 264 g/mol. The molecule has 19 heavy (non-hydrogen) atoms. The minimum Gasteiger partial charge on any atom is -0.444 e. The number of carbonyl (C=O) groups excluding carboxylic acids is 1. The third-order valence-corrected chi connectivity index (χ3v) is 3.82. The predicted octanol–water partition coefficient (Wildman–Crippen LogP) is 1.76. The van der Waals surface area contributed by atoms with Gasteiger partial charge in [0.2, 0.25) is 0 Å². The van der Waals surface area contributed by atoms with Crippen molar-refractivity contribution in [1.82, 2.24) is 10.2 Å². The van der Waals surface area contributed by atoms with Gasteiger partial charge in [-0.3, -0.25) is 0 Å². The fourth-order valence-corrected chi connectivity index (χ4v) is 2.71. The Morgan fingerprint density at radius 3 is 2.84 bits per heavy atom. The molecule has 0 aliphatic carbocycles. The quantitative estimate of drug-likeness (QED) is 0.904. The van der Waals surface area contributed by atoms with Gasteiger partial charge < -0.3 is 15.0 Å². The maximum Gasteiger partial charge on any atom is 0.410 e. The molecule has 1 amide bonds. The average Bonchev–Trinajstić information content (AvgIpc) is 3.03. The number of nitrogens with one attached hydrogen (secondary N) is 1. The maximum absolute atomic E-state index is 12.8. The molecule has 0 bridgehead atoms. The molecule has 4 nitrogen and oxygen atoms in total. The number of rotatable bonds is 3. The highest BCUT2D eigenvalue weighted by Gasteiger charge is 2.37. The van der Waals surface area contributed by atoms with Gasteiger partial charge in [0.25, 0.3) is 0 Å². The number of amides is 1. The van der Waals surface area contributed by atoms with Crippen molar-refractivity contribution >= 4 is 6.09 Å². The molecule has 1 aromatic rings. The lowest BCUT2D eigenvalue weighted by atomic mass is 10.0. The van der Waals surface area contributed by atoms with Crippen molar-refractivity contribution < 1.29 is 13.9 Å². The topological polar surface area (TPSA) is 41.6 Å². The molecule has 2 atom stereocenters. The first-order valence-corrected chi connectivity index (χ1v) is 6.63. The van der Waals surface area contributed by atoms with E-state index in [9.17, 15) is 9.18 Å². The van der Waals surface area contributed by atoms with E-state index in [0.29, 0.717) is 19.0 Å². The summed E-state index contributed by atoms with van der Waals surface area (Å²) in [5, 5.41) is 3.28. The zero-order chi connectivity index (χ0) is 13.2. The molecule has 102 valence electrons.